The van der Waals surface area contributed by atoms with Gasteiger partial charge in [-0.05, 0) is 30.3 Å². The van der Waals surface area contributed by atoms with Crippen LogP contribution in [0.25, 0.3) is 0 Å². The van der Waals surface area contributed by atoms with Gasteiger partial charge in [0.05, 0.1) is 18.3 Å². The summed E-state index contributed by atoms with van der Waals surface area (Å²) < 4.78 is 16.0. The molecule has 0 aromatic rings. The molecule has 6 heteroatoms. The molecule has 1 aliphatic carbocycles. The maximum absolute atomic E-state index is 12.1. The zero-order valence-electron chi connectivity index (χ0n) is 12.5. The van der Waals surface area contributed by atoms with E-state index in [1.807, 2.05) is 26.8 Å². The highest BCUT2D eigenvalue weighted by Gasteiger charge is 2.62. The minimum atomic E-state index is -0.801. The van der Waals surface area contributed by atoms with Gasteiger partial charge >= 0.3 is 11.9 Å². The van der Waals surface area contributed by atoms with Gasteiger partial charge in [-0.25, -0.2) is 9.59 Å². The second kappa shape index (κ2) is 4.24. The topological polar surface area (TPSA) is 61.8 Å². The smallest absolute Gasteiger partial charge is 0.346 e. The van der Waals surface area contributed by atoms with Crippen molar-refractivity contribution in [2.45, 2.75) is 25.7 Å². The lowest BCUT2D eigenvalue weighted by atomic mass is 9.68. The molecule has 3 rings (SSSR count). The normalized spacial score (nSPS) is 30.2. The minimum Gasteiger partial charge on any atom is -0.490 e. The van der Waals surface area contributed by atoms with Crippen LogP contribution >= 0.6 is 11.8 Å². The van der Waals surface area contributed by atoms with E-state index in [9.17, 15) is 9.59 Å². The fraction of sp³-hybridized carbons (Fsp3) is 0.467. The number of carbonyl (C=O) groups excluding carboxylic acids is 2. The summed E-state index contributed by atoms with van der Waals surface area (Å²) in [6.07, 6.45) is 1.87. The van der Waals surface area contributed by atoms with Crippen molar-refractivity contribution in [2.24, 2.45) is 5.41 Å². The van der Waals surface area contributed by atoms with E-state index in [4.69, 9.17) is 14.2 Å². The molecule has 1 unspecified atom stereocenters. The lowest BCUT2D eigenvalue weighted by Gasteiger charge is -2.46. The number of esters is 2. The molecule has 112 valence electrons. The van der Waals surface area contributed by atoms with E-state index in [0.717, 1.165) is 5.57 Å². The van der Waals surface area contributed by atoms with Crippen LogP contribution in [0.1, 0.15) is 20.8 Å². The molecule has 0 fully saturated rings. The number of cyclic esters (lactones) is 2. The van der Waals surface area contributed by atoms with Crippen molar-refractivity contribution < 1.29 is 23.8 Å². The molecule has 21 heavy (non-hydrogen) atoms. The van der Waals surface area contributed by atoms with Gasteiger partial charge < -0.3 is 14.2 Å². The molecule has 0 saturated heterocycles. The number of hydrogen-bond donors (Lipinski definition) is 0. The predicted molar refractivity (Wildman–Crippen MR) is 77.0 cm³/mol. The van der Waals surface area contributed by atoms with Crippen molar-refractivity contribution in [2.75, 3.05) is 14.2 Å². The van der Waals surface area contributed by atoms with Gasteiger partial charge in [-0.2, -0.15) is 0 Å². The number of thioether (sulfide) groups is 1. The van der Waals surface area contributed by atoms with Gasteiger partial charge in [-0.3, -0.25) is 0 Å². The number of fused-ring (bicyclic) bond motifs is 1. The fourth-order valence-electron chi connectivity index (χ4n) is 3.36. The maximum Gasteiger partial charge on any atom is 0.346 e. The third-order valence-electron chi connectivity index (χ3n) is 4.42. The Morgan fingerprint density at radius 1 is 1.19 bits per heavy atom. The van der Waals surface area contributed by atoms with Gasteiger partial charge in [0, 0.05) is 18.1 Å². The Kier molecular flexibility index (Phi) is 2.91. The summed E-state index contributed by atoms with van der Waals surface area (Å²) in [4.78, 5) is 23.4. The molecule has 0 N–H and O–H groups in total. The molecule has 0 radical (unpaired) electrons. The van der Waals surface area contributed by atoms with E-state index >= 15 is 0 Å². The van der Waals surface area contributed by atoms with E-state index in [0.29, 0.717) is 21.8 Å². The molecule has 2 heterocycles. The summed E-state index contributed by atoms with van der Waals surface area (Å²) >= 11 is 1.41. The van der Waals surface area contributed by atoms with Gasteiger partial charge in [-0.1, -0.05) is 13.8 Å². The molecule has 0 saturated carbocycles. The molecule has 2 aliphatic heterocycles. The first-order valence-electron chi connectivity index (χ1n) is 6.53. The molecule has 1 atom stereocenters. The third kappa shape index (κ3) is 1.52. The molecule has 0 spiro atoms. The first kappa shape index (κ1) is 14.4. The molecule has 0 bridgehead atoms. The van der Waals surface area contributed by atoms with Gasteiger partial charge in [0.25, 0.3) is 0 Å². The van der Waals surface area contributed by atoms with Crippen LogP contribution in [0.3, 0.4) is 0 Å². The van der Waals surface area contributed by atoms with E-state index in [1.54, 1.807) is 14.2 Å². The molecule has 5 nitrogen and oxygen atoms in total. The van der Waals surface area contributed by atoms with Crippen LogP contribution < -0.4 is 0 Å². The van der Waals surface area contributed by atoms with E-state index in [2.05, 4.69) is 0 Å². The Labute approximate surface area is 127 Å². The SMILES string of the molecule is COC1=CC2=C(C)C3=C(C(=O)OC3=O)C(C)(C)C2(OC)S1. The number of ether oxygens (including phenoxy) is 3. The van der Waals surface area contributed by atoms with Crippen molar-refractivity contribution in [3.63, 3.8) is 0 Å². The lowest BCUT2D eigenvalue weighted by Crippen LogP contribution is -2.48. The molecular weight excluding hydrogens is 292 g/mol. The van der Waals surface area contributed by atoms with Gasteiger partial charge in [0.1, 0.15) is 0 Å². The maximum atomic E-state index is 12.1. The highest BCUT2D eigenvalue weighted by molar-refractivity contribution is 8.04. The number of hydrogen-bond acceptors (Lipinski definition) is 6. The van der Waals surface area contributed by atoms with Crippen LogP contribution in [-0.4, -0.2) is 31.1 Å². The van der Waals surface area contributed by atoms with Crippen LogP contribution in [0.5, 0.6) is 0 Å². The highest BCUT2D eigenvalue weighted by atomic mass is 32.2. The third-order valence-corrected chi connectivity index (χ3v) is 6.09. The lowest BCUT2D eigenvalue weighted by molar-refractivity contribution is -0.151. The zero-order valence-corrected chi connectivity index (χ0v) is 13.3. The molecule has 0 aromatic carbocycles. The standard InChI is InChI=1S/C15H16O5S/c1-7-8-6-9(18-4)21-15(8,19-5)14(2,3)11-10(7)12(16)20-13(11)17/h6H,1-5H3. The monoisotopic (exact) mass is 308 g/mol. The van der Waals surface area contributed by atoms with Crippen molar-refractivity contribution in [1.29, 1.82) is 0 Å². The summed E-state index contributed by atoms with van der Waals surface area (Å²) in [5.41, 5.74) is 1.58. The Morgan fingerprint density at radius 2 is 1.86 bits per heavy atom. The van der Waals surface area contributed by atoms with Crippen molar-refractivity contribution in [3.8, 4) is 0 Å². The Balaban J connectivity index is 2.33. The summed E-state index contributed by atoms with van der Waals surface area (Å²) in [5, 5.41) is 0.696. The van der Waals surface area contributed by atoms with Gasteiger partial charge in [0.15, 0.2) is 10.0 Å². The average molecular weight is 308 g/mol. The minimum absolute atomic E-state index is 0.363. The van der Waals surface area contributed by atoms with Crippen LogP contribution in [0.15, 0.2) is 33.5 Å². The largest absolute Gasteiger partial charge is 0.490 e. The van der Waals surface area contributed by atoms with Gasteiger partial charge in [0.2, 0.25) is 0 Å². The second-order valence-electron chi connectivity index (χ2n) is 5.68. The predicted octanol–water partition coefficient (Wildman–Crippen LogP) is 2.30. The number of rotatable bonds is 2. The zero-order chi connectivity index (χ0) is 15.6. The number of carbonyl (C=O) groups is 2. The highest BCUT2D eigenvalue weighted by Crippen LogP contribution is 2.63. The summed E-state index contributed by atoms with van der Waals surface area (Å²) in [5.74, 6) is -1.16. The second-order valence-corrected chi connectivity index (χ2v) is 6.86. The van der Waals surface area contributed by atoms with Gasteiger partial charge in [-0.15, -0.1) is 0 Å². The summed E-state index contributed by atoms with van der Waals surface area (Å²) in [7, 11) is 3.19. The molecule has 3 aliphatic rings. The average Bonchev–Trinajstić information content (AvgIpc) is 2.96. The first-order chi connectivity index (χ1) is 9.80. The van der Waals surface area contributed by atoms with Crippen LogP contribution in [-0.2, 0) is 23.8 Å². The first-order valence-corrected chi connectivity index (χ1v) is 7.34. The fourth-order valence-corrected chi connectivity index (χ4v) is 4.67. The quantitative estimate of drug-likeness (QED) is 0.576. The van der Waals surface area contributed by atoms with Crippen LogP contribution in [0.4, 0.5) is 0 Å². The Hall–Kier alpha value is -1.53. The van der Waals surface area contributed by atoms with Crippen molar-refractivity contribution in [1.82, 2.24) is 0 Å². The number of methoxy groups -OCH3 is 2. The summed E-state index contributed by atoms with van der Waals surface area (Å²) in [6.45, 7) is 5.58. The van der Waals surface area contributed by atoms with E-state index in [-0.39, 0.29) is 0 Å². The summed E-state index contributed by atoms with van der Waals surface area (Å²) in [6, 6.07) is 0. The van der Waals surface area contributed by atoms with Crippen LogP contribution in [0.2, 0.25) is 0 Å². The Morgan fingerprint density at radius 3 is 2.43 bits per heavy atom. The van der Waals surface area contributed by atoms with Crippen LogP contribution in [0, 0.1) is 5.41 Å². The molecular formula is C15H16O5S. The Bertz CT molecular complexity index is 668. The van der Waals surface area contributed by atoms with Crippen molar-refractivity contribution >= 4 is 23.7 Å². The molecule has 0 aromatic heterocycles. The van der Waals surface area contributed by atoms with E-state index < -0.39 is 22.3 Å². The molecule has 0 amide bonds. The van der Waals surface area contributed by atoms with Crippen molar-refractivity contribution in [3.05, 3.63) is 33.5 Å². The van der Waals surface area contributed by atoms with E-state index in [1.165, 1.54) is 11.8 Å².